The SMILES string of the molecule is C=CCOC[C@H](O)CN(Cc1c(C)nn(-c2ccccc2)c1Oc1cccc(F)c1)C[C@@H]1CCCO1. The number of ether oxygens (including phenoxy) is 3. The van der Waals surface area contributed by atoms with Crippen LogP contribution in [0, 0.1) is 12.7 Å². The fraction of sp³-hybridized carbons (Fsp3) is 0.393. The molecule has 1 saturated heterocycles. The van der Waals surface area contributed by atoms with E-state index >= 15 is 0 Å². The van der Waals surface area contributed by atoms with Crippen molar-refractivity contribution in [1.29, 1.82) is 0 Å². The van der Waals surface area contributed by atoms with Crippen LogP contribution in [0.4, 0.5) is 4.39 Å². The second-order valence-corrected chi connectivity index (χ2v) is 8.98. The van der Waals surface area contributed by atoms with Gasteiger partial charge < -0.3 is 19.3 Å². The number of rotatable bonds is 13. The summed E-state index contributed by atoms with van der Waals surface area (Å²) in [6.07, 6.45) is 3.09. The Balaban J connectivity index is 1.64. The molecule has 1 aromatic heterocycles. The molecular weight excluding hydrogens is 461 g/mol. The third kappa shape index (κ3) is 7.01. The molecule has 0 bridgehead atoms. The van der Waals surface area contributed by atoms with Crippen LogP contribution in [0.5, 0.6) is 11.6 Å². The minimum atomic E-state index is -0.677. The van der Waals surface area contributed by atoms with Gasteiger partial charge in [0.25, 0.3) is 0 Å². The number of hydrogen-bond donors (Lipinski definition) is 1. The van der Waals surface area contributed by atoms with Gasteiger partial charge in [-0.05, 0) is 44.0 Å². The molecule has 1 fully saturated rings. The average Bonchev–Trinajstić information content (AvgIpc) is 3.48. The molecule has 0 unspecified atom stereocenters. The standard InChI is InChI=1S/C28H34FN3O4/c1-3-14-34-20-24(33)17-31(18-26-13-8-15-35-26)19-27-21(2)30-32(23-10-5-4-6-11-23)28(27)36-25-12-7-9-22(29)16-25/h3-7,9-12,16,24,26,33H,1,8,13-15,17-20H2,2H3/t24-,26+/m1/s1. The Kier molecular flexibility index (Phi) is 9.24. The smallest absolute Gasteiger partial charge is 0.227 e. The largest absolute Gasteiger partial charge is 0.438 e. The molecule has 4 rings (SSSR count). The van der Waals surface area contributed by atoms with Crippen LogP contribution < -0.4 is 4.74 Å². The number of aryl methyl sites for hydroxylation is 1. The Morgan fingerprint density at radius 1 is 1.28 bits per heavy atom. The maximum atomic E-state index is 13.9. The molecule has 1 N–H and O–H groups in total. The van der Waals surface area contributed by atoms with E-state index in [9.17, 15) is 9.50 Å². The third-order valence-corrected chi connectivity index (χ3v) is 6.03. The summed E-state index contributed by atoms with van der Waals surface area (Å²) in [5.41, 5.74) is 2.49. The normalized spacial score (nSPS) is 16.4. The first-order valence-corrected chi connectivity index (χ1v) is 12.3. The van der Waals surface area contributed by atoms with Crippen molar-refractivity contribution in [1.82, 2.24) is 14.7 Å². The van der Waals surface area contributed by atoms with Crippen molar-refractivity contribution in [3.8, 4) is 17.3 Å². The Morgan fingerprint density at radius 3 is 2.83 bits per heavy atom. The quantitative estimate of drug-likeness (QED) is 0.275. The van der Waals surface area contributed by atoms with Gasteiger partial charge in [-0.15, -0.1) is 6.58 Å². The van der Waals surface area contributed by atoms with E-state index in [1.807, 2.05) is 37.3 Å². The Hall–Kier alpha value is -3.04. The molecule has 0 radical (unpaired) electrons. The maximum absolute atomic E-state index is 13.9. The van der Waals surface area contributed by atoms with Gasteiger partial charge in [0.2, 0.25) is 5.88 Å². The first-order chi connectivity index (χ1) is 17.5. The highest BCUT2D eigenvalue weighted by atomic mass is 19.1. The second kappa shape index (κ2) is 12.8. The lowest BCUT2D eigenvalue weighted by Crippen LogP contribution is -2.39. The van der Waals surface area contributed by atoms with Gasteiger partial charge in [-0.25, -0.2) is 9.07 Å². The van der Waals surface area contributed by atoms with Crippen molar-refractivity contribution >= 4 is 0 Å². The molecule has 0 aliphatic carbocycles. The first-order valence-electron chi connectivity index (χ1n) is 12.3. The van der Waals surface area contributed by atoms with E-state index in [1.165, 1.54) is 12.1 Å². The lowest BCUT2D eigenvalue weighted by Gasteiger charge is -2.27. The zero-order chi connectivity index (χ0) is 25.3. The van der Waals surface area contributed by atoms with Crippen LogP contribution in [-0.4, -0.2) is 64.9 Å². The molecule has 36 heavy (non-hydrogen) atoms. The minimum absolute atomic E-state index is 0.100. The van der Waals surface area contributed by atoms with Gasteiger partial charge in [0, 0.05) is 32.3 Å². The third-order valence-electron chi connectivity index (χ3n) is 6.03. The van der Waals surface area contributed by atoms with Gasteiger partial charge in [-0.3, -0.25) is 4.90 Å². The molecule has 0 saturated carbocycles. The number of para-hydroxylation sites is 1. The summed E-state index contributed by atoms with van der Waals surface area (Å²) in [6.45, 7) is 8.46. The number of hydrogen-bond acceptors (Lipinski definition) is 6. The van der Waals surface area contributed by atoms with Gasteiger partial charge in [-0.2, -0.15) is 5.10 Å². The molecule has 2 heterocycles. The summed E-state index contributed by atoms with van der Waals surface area (Å²) in [5, 5.41) is 15.4. The van der Waals surface area contributed by atoms with Gasteiger partial charge in [0.1, 0.15) is 11.6 Å². The minimum Gasteiger partial charge on any atom is -0.438 e. The van der Waals surface area contributed by atoms with Crippen LogP contribution >= 0.6 is 0 Å². The van der Waals surface area contributed by atoms with Gasteiger partial charge in [0.15, 0.2) is 0 Å². The molecule has 7 nitrogen and oxygen atoms in total. The number of nitrogens with zero attached hydrogens (tertiary/aromatic N) is 3. The summed E-state index contributed by atoms with van der Waals surface area (Å²) >= 11 is 0. The average molecular weight is 496 g/mol. The molecule has 0 amide bonds. The van der Waals surface area contributed by atoms with Crippen molar-refractivity contribution in [3.63, 3.8) is 0 Å². The molecule has 2 aromatic carbocycles. The van der Waals surface area contributed by atoms with E-state index in [-0.39, 0.29) is 18.5 Å². The maximum Gasteiger partial charge on any atom is 0.227 e. The fourth-order valence-electron chi connectivity index (χ4n) is 4.35. The topological polar surface area (TPSA) is 69.0 Å². The van der Waals surface area contributed by atoms with Gasteiger partial charge in [0.05, 0.1) is 42.4 Å². The molecule has 1 aliphatic heterocycles. The number of aliphatic hydroxyl groups is 1. The fourth-order valence-corrected chi connectivity index (χ4v) is 4.35. The Bertz CT molecular complexity index is 1120. The van der Waals surface area contributed by atoms with E-state index in [0.717, 1.165) is 36.4 Å². The highest BCUT2D eigenvalue weighted by Gasteiger charge is 2.26. The summed E-state index contributed by atoms with van der Waals surface area (Å²) in [4.78, 5) is 2.15. The van der Waals surface area contributed by atoms with Crippen molar-refractivity contribution in [2.24, 2.45) is 0 Å². The predicted molar refractivity (Wildman–Crippen MR) is 136 cm³/mol. The number of halogens is 1. The number of benzene rings is 2. The number of aromatic nitrogens is 2. The zero-order valence-electron chi connectivity index (χ0n) is 20.7. The highest BCUT2D eigenvalue weighted by Crippen LogP contribution is 2.32. The molecule has 2 atom stereocenters. The van der Waals surface area contributed by atoms with E-state index in [0.29, 0.717) is 37.9 Å². The van der Waals surface area contributed by atoms with Crippen molar-refractivity contribution < 1.29 is 23.7 Å². The molecule has 8 heteroatoms. The van der Waals surface area contributed by atoms with Crippen LogP contribution in [-0.2, 0) is 16.0 Å². The number of aliphatic hydroxyl groups excluding tert-OH is 1. The van der Waals surface area contributed by atoms with Gasteiger partial charge >= 0.3 is 0 Å². The van der Waals surface area contributed by atoms with E-state index in [1.54, 1.807) is 22.9 Å². The summed E-state index contributed by atoms with van der Waals surface area (Å²) in [7, 11) is 0. The first kappa shape index (κ1) is 26.0. The highest BCUT2D eigenvalue weighted by molar-refractivity contribution is 5.43. The van der Waals surface area contributed by atoms with Crippen molar-refractivity contribution in [2.45, 2.75) is 38.5 Å². The van der Waals surface area contributed by atoms with E-state index in [2.05, 4.69) is 11.5 Å². The second-order valence-electron chi connectivity index (χ2n) is 8.98. The zero-order valence-corrected chi connectivity index (χ0v) is 20.7. The van der Waals surface area contributed by atoms with Crippen molar-refractivity contribution in [3.05, 3.63) is 84.3 Å². The molecule has 0 spiro atoms. The molecule has 192 valence electrons. The van der Waals surface area contributed by atoms with Crippen LogP contribution in [0.3, 0.4) is 0 Å². The summed E-state index contributed by atoms with van der Waals surface area (Å²) in [6, 6.07) is 15.8. The van der Waals surface area contributed by atoms with Gasteiger partial charge in [-0.1, -0.05) is 30.3 Å². The molecule has 1 aliphatic rings. The predicted octanol–water partition coefficient (Wildman–Crippen LogP) is 4.66. The molecular formula is C28H34FN3O4. The van der Waals surface area contributed by atoms with E-state index in [4.69, 9.17) is 19.3 Å². The van der Waals surface area contributed by atoms with Crippen molar-refractivity contribution in [2.75, 3.05) is 32.9 Å². The van der Waals surface area contributed by atoms with Crippen LogP contribution in [0.25, 0.3) is 5.69 Å². The summed E-state index contributed by atoms with van der Waals surface area (Å²) < 4.78 is 33.3. The van der Waals surface area contributed by atoms with Crippen LogP contribution in [0.2, 0.25) is 0 Å². The molecule has 3 aromatic rings. The Morgan fingerprint density at radius 2 is 2.11 bits per heavy atom. The Labute approximate surface area is 211 Å². The monoisotopic (exact) mass is 495 g/mol. The van der Waals surface area contributed by atoms with E-state index < -0.39 is 6.10 Å². The van der Waals surface area contributed by atoms with Crippen LogP contribution in [0.1, 0.15) is 24.1 Å². The van der Waals surface area contributed by atoms with Crippen LogP contribution in [0.15, 0.2) is 67.3 Å². The summed E-state index contributed by atoms with van der Waals surface area (Å²) in [5.74, 6) is 0.523. The lowest BCUT2D eigenvalue weighted by molar-refractivity contribution is 0.00836. The lowest BCUT2D eigenvalue weighted by atomic mass is 10.1.